The second kappa shape index (κ2) is 3.38. The second-order valence-electron chi connectivity index (χ2n) is 3.45. The minimum atomic E-state index is -0.698. The van der Waals surface area contributed by atoms with Crippen molar-refractivity contribution in [1.29, 1.82) is 0 Å². The highest BCUT2D eigenvalue weighted by atomic mass is 16.3. The molecule has 1 heterocycles. The maximum atomic E-state index is 10.8. The van der Waals surface area contributed by atoms with Gasteiger partial charge in [0, 0.05) is 0 Å². The van der Waals surface area contributed by atoms with Gasteiger partial charge in [0.05, 0.1) is 12.1 Å². The summed E-state index contributed by atoms with van der Waals surface area (Å²) in [5.74, 6) is -1.24. The Bertz CT molecular complexity index is 295. The van der Waals surface area contributed by atoms with Crippen LogP contribution in [-0.2, 0) is 9.59 Å². The van der Waals surface area contributed by atoms with Gasteiger partial charge in [-0.25, -0.2) is 4.99 Å². The minimum absolute atomic E-state index is 0.158. The number of aliphatic hydroxyl groups excluding tert-OH is 1. The van der Waals surface area contributed by atoms with Gasteiger partial charge < -0.3 is 5.11 Å². The topological polar surface area (TPSA) is 90.8 Å². The number of guanidine groups is 1. The molecule has 0 bridgehead atoms. The maximum Gasteiger partial charge on any atom is 0.316 e. The molecular weight excluding hydrogens is 186 g/mol. The Morgan fingerprint density at radius 3 is 2.36 bits per heavy atom. The van der Waals surface area contributed by atoms with Crippen LogP contribution in [0.5, 0.6) is 0 Å². The number of aliphatic hydroxyl groups is 1. The number of carbonyl (C=O) groups excluding carboxylic acids is 2. The van der Waals surface area contributed by atoms with Gasteiger partial charge in [-0.3, -0.25) is 20.2 Å². The highest BCUT2D eigenvalue weighted by molar-refractivity contribution is 6.45. The smallest absolute Gasteiger partial charge is 0.316 e. The average molecular weight is 197 g/mol. The summed E-state index contributed by atoms with van der Waals surface area (Å²) < 4.78 is 0. The van der Waals surface area contributed by atoms with Crippen molar-refractivity contribution in [3.63, 3.8) is 0 Å². The Morgan fingerprint density at radius 1 is 1.21 bits per heavy atom. The summed E-state index contributed by atoms with van der Waals surface area (Å²) in [5, 5.41) is 14.0. The summed E-state index contributed by atoms with van der Waals surface area (Å²) in [6.45, 7) is 0. The van der Waals surface area contributed by atoms with Crippen LogP contribution in [0.15, 0.2) is 4.99 Å². The highest BCUT2D eigenvalue weighted by Gasteiger charge is 2.29. The lowest BCUT2D eigenvalue weighted by Crippen LogP contribution is -2.30. The Balaban J connectivity index is 2.05. The number of nitrogens with one attached hydrogen (secondary N) is 2. The molecule has 1 aliphatic carbocycles. The van der Waals surface area contributed by atoms with Crippen LogP contribution in [-0.4, -0.2) is 35.0 Å². The predicted octanol–water partition coefficient (Wildman–Crippen LogP) is -1.50. The van der Waals surface area contributed by atoms with E-state index in [-0.39, 0.29) is 12.0 Å². The van der Waals surface area contributed by atoms with Crippen molar-refractivity contribution < 1.29 is 14.7 Å². The van der Waals surface area contributed by atoms with Crippen molar-refractivity contribution in [3.05, 3.63) is 0 Å². The molecule has 0 spiro atoms. The largest absolute Gasteiger partial charge is 0.391 e. The van der Waals surface area contributed by atoms with Crippen LogP contribution in [0.2, 0.25) is 0 Å². The molecule has 2 aliphatic rings. The van der Waals surface area contributed by atoms with Gasteiger partial charge in [-0.15, -0.1) is 0 Å². The molecule has 2 amide bonds. The van der Waals surface area contributed by atoms with Crippen molar-refractivity contribution in [2.24, 2.45) is 4.99 Å². The molecule has 2 atom stereocenters. The van der Waals surface area contributed by atoms with Crippen molar-refractivity contribution in [3.8, 4) is 0 Å². The molecule has 6 nitrogen and oxygen atoms in total. The fourth-order valence-electron chi connectivity index (χ4n) is 1.66. The molecule has 3 N–H and O–H groups in total. The number of aliphatic imine (C=N–C) groups is 1. The van der Waals surface area contributed by atoms with E-state index < -0.39 is 17.9 Å². The fourth-order valence-corrected chi connectivity index (χ4v) is 1.66. The summed E-state index contributed by atoms with van der Waals surface area (Å²) in [6.07, 6.45) is 1.97. The maximum absolute atomic E-state index is 10.8. The van der Waals surface area contributed by atoms with E-state index in [9.17, 15) is 14.7 Å². The van der Waals surface area contributed by atoms with E-state index in [1.807, 2.05) is 0 Å². The fraction of sp³-hybridized carbons (Fsp3) is 0.625. The van der Waals surface area contributed by atoms with Crippen LogP contribution in [0.1, 0.15) is 19.3 Å². The lowest BCUT2D eigenvalue weighted by Gasteiger charge is -2.09. The summed E-state index contributed by atoms with van der Waals surface area (Å²) in [7, 11) is 0. The molecule has 76 valence electrons. The van der Waals surface area contributed by atoms with E-state index in [1.54, 1.807) is 0 Å². The van der Waals surface area contributed by atoms with E-state index in [1.165, 1.54) is 0 Å². The van der Waals surface area contributed by atoms with Gasteiger partial charge in [0.25, 0.3) is 0 Å². The van der Waals surface area contributed by atoms with E-state index in [0.29, 0.717) is 0 Å². The van der Waals surface area contributed by atoms with Crippen LogP contribution in [0, 0.1) is 0 Å². The molecule has 2 fully saturated rings. The molecule has 1 saturated heterocycles. The first kappa shape index (κ1) is 9.14. The molecule has 0 aromatic rings. The van der Waals surface area contributed by atoms with Gasteiger partial charge in [0.1, 0.15) is 0 Å². The lowest BCUT2D eigenvalue weighted by atomic mass is 10.2. The van der Waals surface area contributed by atoms with E-state index in [2.05, 4.69) is 15.6 Å². The van der Waals surface area contributed by atoms with Crippen molar-refractivity contribution in [2.75, 3.05) is 0 Å². The summed E-state index contributed by atoms with van der Waals surface area (Å²) in [6, 6.07) is -0.205. The Morgan fingerprint density at radius 2 is 1.86 bits per heavy atom. The number of rotatable bonds is 1. The third-order valence-electron chi connectivity index (χ3n) is 2.41. The molecule has 2 unspecified atom stereocenters. The predicted molar refractivity (Wildman–Crippen MR) is 47.4 cm³/mol. The Hall–Kier alpha value is -1.43. The highest BCUT2D eigenvalue weighted by Crippen LogP contribution is 2.21. The number of nitrogens with zero attached hydrogens (tertiary/aromatic N) is 1. The number of amides is 2. The normalized spacial score (nSPS) is 31.6. The van der Waals surface area contributed by atoms with E-state index in [0.717, 1.165) is 19.3 Å². The number of hydrogen-bond acceptors (Lipinski definition) is 4. The van der Waals surface area contributed by atoms with Crippen LogP contribution in [0.4, 0.5) is 0 Å². The van der Waals surface area contributed by atoms with Gasteiger partial charge >= 0.3 is 11.8 Å². The minimum Gasteiger partial charge on any atom is -0.391 e. The van der Waals surface area contributed by atoms with E-state index in [4.69, 9.17) is 0 Å². The quantitative estimate of drug-likeness (QED) is 0.447. The van der Waals surface area contributed by atoms with Crippen LogP contribution < -0.4 is 10.6 Å². The van der Waals surface area contributed by atoms with Gasteiger partial charge in [-0.2, -0.15) is 0 Å². The zero-order chi connectivity index (χ0) is 10.1. The van der Waals surface area contributed by atoms with Gasteiger partial charge in [0.2, 0.25) is 5.96 Å². The monoisotopic (exact) mass is 197 g/mol. The van der Waals surface area contributed by atoms with Crippen molar-refractivity contribution >= 4 is 17.8 Å². The molecule has 0 aromatic heterocycles. The molecule has 1 saturated carbocycles. The molecular formula is C8H11N3O3. The first-order valence-electron chi connectivity index (χ1n) is 4.55. The first-order chi connectivity index (χ1) is 6.66. The van der Waals surface area contributed by atoms with Gasteiger partial charge in [0.15, 0.2) is 0 Å². The molecule has 14 heavy (non-hydrogen) atoms. The third kappa shape index (κ3) is 1.60. The molecule has 0 radical (unpaired) electrons. The summed E-state index contributed by atoms with van der Waals surface area (Å²) in [4.78, 5) is 25.6. The van der Waals surface area contributed by atoms with E-state index >= 15 is 0 Å². The SMILES string of the molecule is O=C1NC(=NC2CCCC2O)NC1=O. The molecule has 0 aromatic carbocycles. The zero-order valence-corrected chi connectivity index (χ0v) is 7.49. The Kier molecular flexibility index (Phi) is 2.20. The van der Waals surface area contributed by atoms with Crippen LogP contribution in [0.3, 0.4) is 0 Å². The zero-order valence-electron chi connectivity index (χ0n) is 7.49. The van der Waals surface area contributed by atoms with Crippen LogP contribution in [0.25, 0.3) is 0 Å². The number of carbonyl (C=O) groups is 2. The van der Waals surface area contributed by atoms with Crippen LogP contribution >= 0.6 is 0 Å². The first-order valence-corrected chi connectivity index (χ1v) is 4.55. The third-order valence-corrected chi connectivity index (χ3v) is 2.41. The molecule has 2 rings (SSSR count). The van der Waals surface area contributed by atoms with Gasteiger partial charge in [-0.1, -0.05) is 0 Å². The number of hydrogen-bond donors (Lipinski definition) is 3. The molecule has 1 aliphatic heterocycles. The lowest BCUT2D eigenvalue weighted by molar-refractivity contribution is -0.135. The standard InChI is InChI=1S/C8H11N3O3/c12-5-3-1-2-4(5)9-8-10-6(13)7(14)11-8/h4-5,12H,1-3H2,(H2,9,10,11,13,14). The van der Waals surface area contributed by atoms with Gasteiger partial charge in [-0.05, 0) is 19.3 Å². The summed E-state index contributed by atoms with van der Waals surface area (Å²) in [5.41, 5.74) is 0. The summed E-state index contributed by atoms with van der Waals surface area (Å²) >= 11 is 0. The average Bonchev–Trinajstić information content (AvgIpc) is 2.63. The van der Waals surface area contributed by atoms with Crippen molar-refractivity contribution in [2.45, 2.75) is 31.4 Å². The Labute approximate surface area is 80.4 Å². The molecule has 6 heteroatoms. The second-order valence-corrected chi connectivity index (χ2v) is 3.45. The van der Waals surface area contributed by atoms with Crippen molar-refractivity contribution in [1.82, 2.24) is 10.6 Å².